The highest BCUT2D eigenvalue weighted by atomic mass is 32.2. The van der Waals surface area contributed by atoms with E-state index >= 15 is 0 Å². The van der Waals surface area contributed by atoms with Gasteiger partial charge in [0, 0.05) is 13.1 Å². The van der Waals surface area contributed by atoms with Gasteiger partial charge in [-0.1, -0.05) is 24.6 Å². The Morgan fingerprint density at radius 3 is 2.40 bits per heavy atom. The molecule has 2 aromatic carbocycles. The molecule has 0 saturated carbocycles. The van der Waals surface area contributed by atoms with Crippen LogP contribution in [0.2, 0.25) is 0 Å². The molecule has 1 aliphatic rings. The van der Waals surface area contributed by atoms with Crippen LogP contribution in [0.1, 0.15) is 41.9 Å². The number of aryl methyl sites for hydroxylation is 2. The van der Waals surface area contributed by atoms with Crippen molar-refractivity contribution in [3.8, 4) is 0 Å². The molecule has 1 fully saturated rings. The van der Waals surface area contributed by atoms with Gasteiger partial charge in [-0.3, -0.25) is 0 Å². The summed E-state index contributed by atoms with van der Waals surface area (Å²) in [5, 5.41) is 0. The van der Waals surface area contributed by atoms with E-state index in [9.17, 15) is 12.8 Å². The molecule has 0 spiro atoms. The maximum absolute atomic E-state index is 13.2. The maximum Gasteiger partial charge on any atom is 0.243 e. The Bertz CT molecular complexity index is 846. The highest BCUT2D eigenvalue weighted by molar-refractivity contribution is 7.89. The Morgan fingerprint density at radius 2 is 1.72 bits per heavy atom. The molecule has 0 N–H and O–H groups in total. The molecule has 0 bridgehead atoms. The van der Waals surface area contributed by atoms with Gasteiger partial charge >= 0.3 is 0 Å². The van der Waals surface area contributed by atoms with E-state index in [1.165, 1.54) is 12.1 Å². The monoisotopic (exact) mass is 361 g/mol. The van der Waals surface area contributed by atoms with Gasteiger partial charge in [-0.2, -0.15) is 4.31 Å². The van der Waals surface area contributed by atoms with Gasteiger partial charge < -0.3 is 0 Å². The average Bonchev–Trinajstić information content (AvgIpc) is 2.84. The zero-order chi connectivity index (χ0) is 18.0. The quantitative estimate of drug-likeness (QED) is 0.812. The van der Waals surface area contributed by atoms with E-state index in [1.54, 1.807) is 28.6 Å². The Balaban J connectivity index is 1.89. The van der Waals surface area contributed by atoms with E-state index in [-0.39, 0.29) is 11.7 Å². The van der Waals surface area contributed by atoms with Crippen molar-refractivity contribution in [1.82, 2.24) is 4.31 Å². The molecule has 2 aromatic rings. The largest absolute Gasteiger partial charge is 0.243 e. The summed E-state index contributed by atoms with van der Waals surface area (Å²) in [4.78, 5) is 0.357. The van der Waals surface area contributed by atoms with E-state index in [2.05, 4.69) is 0 Å². The summed E-state index contributed by atoms with van der Waals surface area (Å²) in [6, 6.07) is 11.7. The first-order valence-corrected chi connectivity index (χ1v) is 10.1. The van der Waals surface area contributed by atoms with Crippen molar-refractivity contribution in [2.75, 3.05) is 13.1 Å². The summed E-state index contributed by atoms with van der Waals surface area (Å²) in [5.74, 6) is -0.165. The van der Waals surface area contributed by atoms with Gasteiger partial charge in [0.2, 0.25) is 10.0 Å². The van der Waals surface area contributed by atoms with Crippen LogP contribution in [0.3, 0.4) is 0 Å². The second-order valence-corrected chi connectivity index (χ2v) is 8.79. The van der Waals surface area contributed by atoms with E-state index in [1.807, 2.05) is 19.9 Å². The van der Waals surface area contributed by atoms with Crippen LogP contribution >= 0.6 is 0 Å². The van der Waals surface area contributed by atoms with Crippen molar-refractivity contribution in [2.24, 2.45) is 0 Å². The van der Waals surface area contributed by atoms with Crippen LogP contribution in [0.5, 0.6) is 0 Å². The molecule has 25 heavy (non-hydrogen) atoms. The molecule has 0 aliphatic carbocycles. The summed E-state index contributed by atoms with van der Waals surface area (Å²) in [5.41, 5.74) is 3.06. The number of nitrogens with zero attached hydrogens (tertiary/aromatic N) is 1. The summed E-state index contributed by atoms with van der Waals surface area (Å²) in [6.45, 7) is 4.88. The zero-order valence-corrected chi connectivity index (χ0v) is 15.5. The number of hydrogen-bond acceptors (Lipinski definition) is 2. The van der Waals surface area contributed by atoms with Gasteiger partial charge in [-0.15, -0.1) is 0 Å². The third kappa shape index (κ3) is 3.93. The molecule has 0 radical (unpaired) electrons. The van der Waals surface area contributed by atoms with E-state index in [0.29, 0.717) is 18.0 Å². The van der Waals surface area contributed by atoms with Crippen molar-refractivity contribution in [2.45, 2.75) is 43.9 Å². The maximum atomic E-state index is 13.2. The molecule has 1 unspecified atom stereocenters. The lowest BCUT2D eigenvalue weighted by Crippen LogP contribution is -2.34. The Hall–Kier alpha value is -1.72. The highest BCUT2D eigenvalue weighted by Crippen LogP contribution is 2.30. The fraction of sp³-hybridized carbons (Fsp3) is 0.400. The Labute approximate surface area is 149 Å². The summed E-state index contributed by atoms with van der Waals surface area (Å²) in [6.07, 6.45) is 2.74. The molecule has 0 aromatic heterocycles. The Morgan fingerprint density at radius 1 is 1.00 bits per heavy atom. The lowest BCUT2D eigenvalue weighted by atomic mass is 9.95. The smallest absolute Gasteiger partial charge is 0.207 e. The first-order chi connectivity index (χ1) is 11.9. The minimum Gasteiger partial charge on any atom is -0.207 e. The van der Waals surface area contributed by atoms with Crippen LogP contribution < -0.4 is 0 Å². The summed E-state index contributed by atoms with van der Waals surface area (Å²) in [7, 11) is -3.51. The topological polar surface area (TPSA) is 37.4 Å². The van der Waals surface area contributed by atoms with E-state index in [4.69, 9.17) is 0 Å². The molecule has 0 amide bonds. The van der Waals surface area contributed by atoms with Crippen LogP contribution in [-0.2, 0) is 10.0 Å². The molecule has 3 rings (SSSR count). The van der Waals surface area contributed by atoms with Crippen molar-refractivity contribution >= 4 is 10.0 Å². The fourth-order valence-electron chi connectivity index (χ4n) is 3.36. The summed E-state index contributed by atoms with van der Waals surface area (Å²) < 4.78 is 41.0. The SMILES string of the molecule is Cc1ccc(S(=O)(=O)N2CCCCC(c3ccc(F)cc3)C2)cc1C. The van der Waals surface area contributed by atoms with Crippen molar-refractivity contribution in [3.05, 3.63) is 65.0 Å². The average molecular weight is 361 g/mol. The highest BCUT2D eigenvalue weighted by Gasteiger charge is 2.29. The lowest BCUT2D eigenvalue weighted by Gasteiger charge is -2.24. The van der Waals surface area contributed by atoms with Crippen molar-refractivity contribution < 1.29 is 12.8 Å². The molecule has 134 valence electrons. The molecule has 1 saturated heterocycles. The summed E-state index contributed by atoms with van der Waals surface area (Å²) >= 11 is 0. The molecule has 1 atom stereocenters. The van der Waals surface area contributed by atoms with E-state index < -0.39 is 10.0 Å². The molecular weight excluding hydrogens is 337 g/mol. The lowest BCUT2D eigenvalue weighted by molar-refractivity contribution is 0.406. The van der Waals surface area contributed by atoms with Gasteiger partial charge in [-0.05, 0) is 73.6 Å². The predicted octanol–water partition coefficient (Wildman–Crippen LogP) is 4.40. The van der Waals surface area contributed by atoms with E-state index in [0.717, 1.165) is 36.0 Å². The molecule has 1 aliphatic heterocycles. The van der Waals surface area contributed by atoms with Gasteiger partial charge in [0.25, 0.3) is 0 Å². The van der Waals surface area contributed by atoms with Crippen LogP contribution in [0.25, 0.3) is 0 Å². The second-order valence-electron chi connectivity index (χ2n) is 6.85. The molecule has 1 heterocycles. The number of sulfonamides is 1. The molecule has 5 heteroatoms. The minimum atomic E-state index is -3.51. The number of halogens is 1. The van der Waals surface area contributed by atoms with Crippen molar-refractivity contribution in [1.29, 1.82) is 0 Å². The van der Waals surface area contributed by atoms with Gasteiger partial charge in [0.15, 0.2) is 0 Å². The van der Waals surface area contributed by atoms with Crippen LogP contribution in [0, 0.1) is 19.7 Å². The molecule has 3 nitrogen and oxygen atoms in total. The van der Waals surface area contributed by atoms with Crippen LogP contribution in [-0.4, -0.2) is 25.8 Å². The number of rotatable bonds is 3. The normalized spacial score (nSPS) is 19.6. The fourth-order valence-corrected chi connectivity index (χ4v) is 4.97. The first kappa shape index (κ1) is 18.1. The number of hydrogen-bond donors (Lipinski definition) is 0. The van der Waals surface area contributed by atoms with Crippen LogP contribution in [0.15, 0.2) is 47.4 Å². The van der Waals surface area contributed by atoms with Crippen LogP contribution in [0.4, 0.5) is 4.39 Å². The van der Waals surface area contributed by atoms with Gasteiger partial charge in [0.05, 0.1) is 4.90 Å². The zero-order valence-electron chi connectivity index (χ0n) is 14.7. The standard InChI is InChI=1S/C20H24FNO2S/c1-15-6-11-20(13-16(15)2)25(23,24)22-12-4-3-5-18(14-22)17-7-9-19(21)10-8-17/h6-11,13,18H,3-5,12,14H2,1-2H3. The third-order valence-corrected chi connectivity index (χ3v) is 6.95. The predicted molar refractivity (Wildman–Crippen MR) is 97.7 cm³/mol. The third-order valence-electron chi connectivity index (χ3n) is 5.09. The number of benzene rings is 2. The van der Waals surface area contributed by atoms with Crippen molar-refractivity contribution in [3.63, 3.8) is 0 Å². The second kappa shape index (κ2) is 7.26. The minimum absolute atomic E-state index is 0.101. The van der Waals surface area contributed by atoms with Gasteiger partial charge in [-0.25, -0.2) is 12.8 Å². The van der Waals surface area contributed by atoms with Gasteiger partial charge in [0.1, 0.15) is 5.82 Å². The Kier molecular flexibility index (Phi) is 5.25. The molecular formula is C20H24FNO2S. The first-order valence-electron chi connectivity index (χ1n) is 8.71.